The van der Waals surface area contributed by atoms with Gasteiger partial charge in [0.1, 0.15) is 0 Å². The van der Waals surface area contributed by atoms with E-state index in [0.717, 1.165) is 31.9 Å². The quantitative estimate of drug-likeness (QED) is 0.723. The smallest absolute Gasteiger partial charge is 0.322 e. The van der Waals surface area contributed by atoms with E-state index in [1.165, 1.54) is 10.5 Å². The van der Waals surface area contributed by atoms with Crippen LogP contribution >= 0.6 is 0 Å². The fourth-order valence-corrected chi connectivity index (χ4v) is 1.93. The van der Waals surface area contributed by atoms with Crippen molar-refractivity contribution >= 4 is 11.7 Å². The monoisotopic (exact) mass is 234 g/mol. The Morgan fingerprint density at radius 2 is 1.82 bits per heavy atom. The zero-order valence-corrected chi connectivity index (χ0v) is 10.5. The maximum atomic E-state index is 12.0. The van der Waals surface area contributed by atoms with Crippen LogP contribution in [0.4, 0.5) is 10.5 Å². The first-order valence-electron chi connectivity index (χ1n) is 6.09. The minimum atomic E-state index is 0.0151. The number of aryl methyl sites for hydroxylation is 1. The first kappa shape index (κ1) is 11.9. The molecule has 2 amide bonds. The Balaban J connectivity index is 1.90. The number of urea groups is 1. The van der Waals surface area contributed by atoms with Crippen molar-refractivity contribution in [2.24, 2.45) is 0 Å². The molecule has 0 radical (unpaired) electrons. The summed E-state index contributed by atoms with van der Waals surface area (Å²) in [5.74, 6) is 0. The van der Waals surface area contributed by atoms with Crippen LogP contribution in [0.5, 0.6) is 0 Å². The van der Waals surface area contributed by atoms with E-state index in [2.05, 4.69) is 12.4 Å². The summed E-state index contributed by atoms with van der Waals surface area (Å²) in [6, 6.07) is 7.90. The highest BCUT2D eigenvalue weighted by atomic mass is 16.2. The number of quaternary nitrogens is 1. The first-order chi connectivity index (χ1) is 8.15. The summed E-state index contributed by atoms with van der Waals surface area (Å²) in [4.78, 5) is 15.3. The molecule has 4 heteroatoms. The van der Waals surface area contributed by atoms with Crippen LogP contribution in [-0.2, 0) is 0 Å². The molecule has 1 aromatic carbocycles. The maximum absolute atomic E-state index is 12.0. The van der Waals surface area contributed by atoms with Gasteiger partial charge >= 0.3 is 6.03 Å². The fourth-order valence-electron chi connectivity index (χ4n) is 1.93. The Morgan fingerprint density at radius 3 is 2.41 bits per heavy atom. The van der Waals surface area contributed by atoms with Crippen LogP contribution in [0.2, 0.25) is 0 Å². The maximum Gasteiger partial charge on any atom is 0.322 e. The van der Waals surface area contributed by atoms with Crippen molar-refractivity contribution in [3.63, 3.8) is 0 Å². The number of carbonyl (C=O) groups is 1. The van der Waals surface area contributed by atoms with Gasteiger partial charge in [-0.1, -0.05) is 17.7 Å². The lowest BCUT2D eigenvalue weighted by molar-refractivity contribution is -0.883. The lowest BCUT2D eigenvalue weighted by Crippen LogP contribution is -3.12. The van der Waals surface area contributed by atoms with Gasteiger partial charge in [-0.25, -0.2) is 4.79 Å². The Labute approximate surface area is 102 Å². The molecule has 0 spiro atoms. The van der Waals surface area contributed by atoms with Crippen LogP contribution in [0.1, 0.15) is 5.56 Å². The van der Waals surface area contributed by atoms with Crippen molar-refractivity contribution < 1.29 is 9.69 Å². The van der Waals surface area contributed by atoms with Gasteiger partial charge in [-0.15, -0.1) is 0 Å². The second-order valence-electron chi connectivity index (χ2n) is 4.74. The molecule has 0 saturated carbocycles. The number of nitrogens with zero attached hydrogens (tertiary/aromatic N) is 1. The number of piperazine rings is 1. The highest BCUT2D eigenvalue weighted by Gasteiger charge is 2.20. The van der Waals surface area contributed by atoms with Crippen molar-refractivity contribution in [3.05, 3.63) is 29.8 Å². The largest absolute Gasteiger partial charge is 0.334 e. The number of anilines is 1. The molecule has 0 bridgehead atoms. The van der Waals surface area contributed by atoms with Gasteiger partial charge in [-0.3, -0.25) is 0 Å². The zero-order chi connectivity index (χ0) is 12.3. The van der Waals surface area contributed by atoms with E-state index in [-0.39, 0.29) is 6.03 Å². The Hall–Kier alpha value is -1.55. The number of nitrogens with one attached hydrogen (secondary N) is 2. The molecule has 1 heterocycles. The van der Waals surface area contributed by atoms with Crippen LogP contribution in [0, 0.1) is 6.92 Å². The van der Waals surface area contributed by atoms with E-state index in [0.29, 0.717) is 0 Å². The molecular formula is C13H20N3O+. The number of hydrogen-bond acceptors (Lipinski definition) is 1. The molecule has 2 N–H and O–H groups in total. The van der Waals surface area contributed by atoms with Gasteiger partial charge in [-0.2, -0.15) is 0 Å². The molecule has 17 heavy (non-hydrogen) atoms. The van der Waals surface area contributed by atoms with E-state index in [9.17, 15) is 4.79 Å². The molecule has 4 nitrogen and oxygen atoms in total. The number of benzene rings is 1. The van der Waals surface area contributed by atoms with E-state index < -0.39 is 0 Å². The zero-order valence-electron chi connectivity index (χ0n) is 10.5. The average Bonchev–Trinajstić information content (AvgIpc) is 2.33. The summed E-state index contributed by atoms with van der Waals surface area (Å²) < 4.78 is 0. The Morgan fingerprint density at radius 1 is 1.24 bits per heavy atom. The number of hydrogen-bond donors (Lipinski definition) is 2. The fraction of sp³-hybridized carbons (Fsp3) is 0.462. The summed E-state index contributed by atoms with van der Waals surface area (Å²) in [5.41, 5.74) is 2.07. The number of amides is 2. The van der Waals surface area contributed by atoms with Crippen LogP contribution in [-0.4, -0.2) is 44.2 Å². The predicted octanol–water partition coefficient (Wildman–Crippen LogP) is 0.357. The van der Waals surface area contributed by atoms with Gasteiger partial charge in [0.15, 0.2) is 0 Å². The molecule has 1 aliphatic rings. The second-order valence-corrected chi connectivity index (χ2v) is 4.74. The second kappa shape index (κ2) is 5.19. The Bertz CT molecular complexity index is 380. The van der Waals surface area contributed by atoms with Gasteiger partial charge in [0.25, 0.3) is 0 Å². The van der Waals surface area contributed by atoms with Crippen LogP contribution in [0.25, 0.3) is 0 Å². The molecule has 1 aliphatic heterocycles. The van der Waals surface area contributed by atoms with Gasteiger partial charge in [-0.05, 0) is 19.1 Å². The molecule has 1 saturated heterocycles. The van der Waals surface area contributed by atoms with Crippen LogP contribution < -0.4 is 10.2 Å². The third-order valence-electron chi connectivity index (χ3n) is 3.21. The molecule has 0 aromatic heterocycles. The highest BCUT2D eigenvalue weighted by Crippen LogP contribution is 2.09. The minimum Gasteiger partial charge on any atom is -0.334 e. The highest BCUT2D eigenvalue weighted by molar-refractivity contribution is 5.89. The van der Waals surface area contributed by atoms with E-state index in [4.69, 9.17) is 0 Å². The third-order valence-corrected chi connectivity index (χ3v) is 3.21. The van der Waals surface area contributed by atoms with Crippen molar-refractivity contribution in [1.29, 1.82) is 0 Å². The molecule has 1 fully saturated rings. The molecule has 0 aliphatic carbocycles. The van der Waals surface area contributed by atoms with E-state index >= 15 is 0 Å². The lowest BCUT2D eigenvalue weighted by Gasteiger charge is -2.30. The summed E-state index contributed by atoms with van der Waals surface area (Å²) in [7, 11) is 2.16. The first-order valence-corrected chi connectivity index (χ1v) is 6.09. The van der Waals surface area contributed by atoms with E-state index in [1.807, 2.05) is 36.1 Å². The van der Waals surface area contributed by atoms with Gasteiger partial charge in [0.2, 0.25) is 0 Å². The molecule has 92 valence electrons. The Kier molecular flexibility index (Phi) is 3.64. The van der Waals surface area contributed by atoms with Gasteiger partial charge in [0, 0.05) is 5.69 Å². The van der Waals surface area contributed by atoms with Crippen molar-refractivity contribution in [3.8, 4) is 0 Å². The molecule has 1 aromatic rings. The predicted molar refractivity (Wildman–Crippen MR) is 68.4 cm³/mol. The number of carbonyl (C=O) groups excluding carboxylic acids is 1. The topological polar surface area (TPSA) is 36.8 Å². The number of rotatable bonds is 1. The summed E-state index contributed by atoms with van der Waals surface area (Å²) >= 11 is 0. The SMILES string of the molecule is Cc1ccc(NC(=O)N2CC[NH+](C)CC2)cc1. The molecule has 2 rings (SSSR count). The standard InChI is InChI=1S/C13H19N3O/c1-11-3-5-12(6-4-11)14-13(17)16-9-7-15(2)8-10-16/h3-6H,7-10H2,1-2H3,(H,14,17)/p+1. The summed E-state index contributed by atoms with van der Waals surface area (Å²) in [6.45, 7) is 5.77. The summed E-state index contributed by atoms with van der Waals surface area (Å²) in [6.07, 6.45) is 0. The van der Waals surface area contributed by atoms with Crippen LogP contribution in [0.15, 0.2) is 24.3 Å². The molecular weight excluding hydrogens is 214 g/mol. The minimum absolute atomic E-state index is 0.0151. The molecule has 0 atom stereocenters. The van der Waals surface area contributed by atoms with E-state index in [1.54, 1.807) is 0 Å². The normalized spacial score (nSPS) is 16.9. The van der Waals surface area contributed by atoms with Crippen LogP contribution in [0.3, 0.4) is 0 Å². The summed E-state index contributed by atoms with van der Waals surface area (Å²) in [5, 5.41) is 2.93. The van der Waals surface area contributed by atoms with Crippen molar-refractivity contribution in [1.82, 2.24) is 4.90 Å². The third kappa shape index (κ3) is 3.20. The average molecular weight is 234 g/mol. The van der Waals surface area contributed by atoms with Gasteiger partial charge < -0.3 is 15.1 Å². The van der Waals surface area contributed by atoms with Gasteiger partial charge in [0.05, 0.1) is 33.2 Å². The van der Waals surface area contributed by atoms with Crippen molar-refractivity contribution in [2.45, 2.75) is 6.92 Å². The van der Waals surface area contributed by atoms with Crippen molar-refractivity contribution in [2.75, 3.05) is 38.5 Å². The lowest BCUT2D eigenvalue weighted by atomic mass is 10.2. The molecule has 0 unspecified atom stereocenters. The number of likely N-dealkylation sites (N-methyl/N-ethyl adjacent to an activating group) is 1.